The standard InChI is InChI=1S/C20H29N7O/c28-19(15-24-9-1-2-10-24)25-12-6-16(7-13-25)20-23-22-18(27(20)17-4-5-17)14-26-11-3-8-21-26/h3,8,11,16-17H,1-2,4-7,9-10,12-15H2. The summed E-state index contributed by atoms with van der Waals surface area (Å²) in [6.07, 6.45) is 10.6. The van der Waals surface area contributed by atoms with Gasteiger partial charge < -0.3 is 9.47 Å². The molecule has 0 unspecified atom stereocenters. The molecule has 3 aliphatic rings. The molecule has 8 nitrogen and oxygen atoms in total. The van der Waals surface area contributed by atoms with Gasteiger partial charge in [-0.05, 0) is 57.7 Å². The van der Waals surface area contributed by atoms with Crippen LogP contribution < -0.4 is 0 Å². The third kappa shape index (κ3) is 3.70. The van der Waals surface area contributed by atoms with Crippen molar-refractivity contribution in [2.75, 3.05) is 32.7 Å². The number of rotatable bonds is 6. The van der Waals surface area contributed by atoms with Gasteiger partial charge in [0.2, 0.25) is 5.91 Å². The van der Waals surface area contributed by atoms with Crippen LogP contribution in [0.15, 0.2) is 18.5 Å². The topological polar surface area (TPSA) is 72.1 Å². The van der Waals surface area contributed by atoms with E-state index in [0.29, 0.717) is 31.0 Å². The molecule has 2 aromatic heterocycles. The quantitative estimate of drug-likeness (QED) is 0.759. The molecule has 0 N–H and O–H groups in total. The number of carbonyl (C=O) groups excluding carboxylic acids is 1. The predicted molar refractivity (Wildman–Crippen MR) is 104 cm³/mol. The van der Waals surface area contributed by atoms with Gasteiger partial charge in [-0.1, -0.05) is 0 Å². The number of likely N-dealkylation sites (tertiary alicyclic amines) is 2. The van der Waals surface area contributed by atoms with E-state index in [9.17, 15) is 4.79 Å². The van der Waals surface area contributed by atoms with Crippen LogP contribution in [-0.4, -0.2) is 73.0 Å². The second-order valence-electron chi connectivity index (χ2n) is 8.42. The number of amides is 1. The molecule has 0 spiro atoms. The van der Waals surface area contributed by atoms with E-state index in [1.807, 2.05) is 16.9 Å². The van der Waals surface area contributed by atoms with Gasteiger partial charge in [0, 0.05) is 37.4 Å². The summed E-state index contributed by atoms with van der Waals surface area (Å²) in [4.78, 5) is 16.9. The van der Waals surface area contributed by atoms with Gasteiger partial charge >= 0.3 is 0 Å². The highest BCUT2D eigenvalue weighted by Crippen LogP contribution is 2.40. The van der Waals surface area contributed by atoms with Gasteiger partial charge in [-0.2, -0.15) is 5.10 Å². The maximum absolute atomic E-state index is 12.6. The third-order valence-corrected chi connectivity index (χ3v) is 6.34. The molecule has 0 aromatic carbocycles. The van der Waals surface area contributed by atoms with E-state index in [0.717, 1.165) is 50.7 Å². The zero-order chi connectivity index (χ0) is 18.9. The molecular formula is C20H29N7O. The van der Waals surface area contributed by atoms with Crippen molar-refractivity contribution in [1.29, 1.82) is 0 Å². The van der Waals surface area contributed by atoms with Crippen LogP contribution in [0.3, 0.4) is 0 Å². The highest BCUT2D eigenvalue weighted by atomic mass is 16.2. The monoisotopic (exact) mass is 383 g/mol. The molecule has 28 heavy (non-hydrogen) atoms. The van der Waals surface area contributed by atoms with Crippen LogP contribution in [0.4, 0.5) is 0 Å². The fraction of sp³-hybridized carbons (Fsp3) is 0.700. The molecule has 1 saturated carbocycles. The van der Waals surface area contributed by atoms with Gasteiger partial charge in [0.1, 0.15) is 12.4 Å². The fourth-order valence-electron chi connectivity index (χ4n) is 4.61. The van der Waals surface area contributed by atoms with Gasteiger partial charge in [0.25, 0.3) is 0 Å². The fourth-order valence-corrected chi connectivity index (χ4v) is 4.61. The Morgan fingerprint density at radius 2 is 1.82 bits per heavy atom. The van der Waals surface area contributed by atoms with E-state index < -0.39 is 0 Å². The van der Waals surface area contributed by atoms with Gasteiger partial charge in [0.05, 0.1) is 6.54 Å². The minimum atomic E-state index is 0.295. The molecule has 2 aliphatic heterocycles. The summed E-state index contributed by atoms with van der Waals surface area (Å²) in [5.74, 6) is 2.82. The maximum atomic E-state index is 12.6. The number of hydrogen-bond acceptors (Lipinski definition) is 5. The highest BCUT2D eigenvalue weighted by Gasteiger charge is 2.34. The Hall–Kier alpha value is -2.22. The van der Waals surface area contributed by atoms with Crippen molar-refractivity contribution < 1.29 is 4.79 Å². The van der Waals surface area contributed by atoms with Crippen LogP contribution in [0.25, 0.3) is 0 Å². The van der Waals surface area contributed by atoms with E-state index in [2.05, 4.69) is 29.7 Å². The summed E-state index contributed by atoms with van der Waals surface area (Å²) in [6, 6.07) is 2.48. The molecule has 1 amide bonds. The third-order valence-electron chi connectivity index (χ3n) is 6.34. The molecule has 1 aliphatic carbocycles. The van der Waals surface area contributed by atoms with Crippen molar-refractivity contribution in [2.45, 2.75) is 57.0 Å². The predicted octanol–water partition coefficient (Wildman–Crippen LogP) is 1.66. The highest BCUT2D eigenvalue weighted by molar-refractivity contribution is 5.78. The Kier molecular flexibility index (Phi) is 4.88. The first-order chi connectivity index (χ1) is 13.8. The lowest BCUT2D eigenvalue weighted by atomic mass is 9.95. The lowest BCUT2D eigenvalue weighted by Crippen LogP contribution is -2.43. The number of hydrogen-bond donors (Lipinski definition) is 0. The van der Waals surface area contributed by atoms with Crippen LogP contribution in [0.1, 0.15) is 62.1 Å². The summed E-state index contributed by atoms with van der Waals surface area (Å²) in [7, 11) is 0. The van der Waals surface area contributed by atoms with E-state index in [4.69, 9.17) is 0 Å². The summed E-state index contributed by atoms with van der Waals surface area (Å²) in [6.45, 7) is 5.09. The Bertz CT molecular complexity index is 797. The van der Waals surface area contributed by atoms with Crippen LogP contribution >= 0.6 is 0 Å². The molecule has 0 bridgehead atoms. The second kappa shape index (κ2) is 7.66. The van der Waals surface area contributed by atoms with Crippen molar-refractivity contribution in [2.24, 2.45) is 0 Å². The molecular weight excluding hydrogens is 354 g/mol. The van der Waals surface area contributed by atoms with Crippen molar-refractivity contribution in [3.63, 3.8) is 0 Å². The lowest BCUT2D eigenvalue weighted by molar-refractivity contribution is -0.133. The van der Waals surface area contributed by atoms with E-state index in [1.54, 1.807) is 6.20 Å². The number of piperidine rings is 1. The van der Waals surface area contributed by atoms with Crippen molar-refractivity contribution >= 4 is 5.91 Å². The van der Waals surface area contributed by atoms with Gasteiger partial charge in [-0.25, -0.2) is 0 Å². The van der Waals surface area contributed by atoms with Gasteiger partial charge in [-0.15, -0.1) is 10.2 Å². The molecule has 0 radical (unpaired) electrons. The molecule has 8 heteroatoms. The Morgan fingerprint density at radius 1 is 1.04 bits per heavy atom. The first-order valence-corrected chi connectivity index (χ1v) is 10.7. The molecule has 3 fully saturated rings. The maximum Gasteiger partial charge on any atom is 0.236 e. The summed E-state index contributed by atoms with van der Waals surface area (Å²) in [5.41, 5.74) is 0. The number of carbonyl (C=O) groups is 1. The molecule has 150 valence electrons. The number of nitrogens with zero attached hydrogens (tertiary/aromatic N) is 7. The Balaban J connectivity index is 1.23. The molecule has 2 aromatic rings. The van der Waals surface area contributed by atoms with Crippen LogP contribution in [-0.2, 0) is 11.3 Å². The molecule has 2 saturated heterocycles. The average molecular weight is 384 g/mol. The number of aromatic nitrogens is 5. The summed E-state index contributed by atoms with van der Waals surface area (Å²) >= 11 is 0. The first-order valence-electron chi connectivity index (χ1n) is 10.7. The van der Waals surface area contributed by atoms with E-state index >= 15 is 0 Å². The minimum absolute atomic E-state index is 0.295. The Labute approximate surface area is 165 Å². The van der Waals surface area contributed by atoms with Crippen molar-refractivity contribution in [1.82, 2.24) is 34.3 Å². The summed E-state index contributed by atoms with van der Waals surface area (Å²) < 4.78 is 4.28. The Morgan fingerprint density at radius 3 is 2.50 bits per heavy atom. The molecule has 0 atom stereocenters. The van der Waals surface area contributed by atoms with E-state index in [1.165, 1.54) is 25.7 Å². The first kappa shape index (κ1) is 17.8. The second-order valence-corrected chi connectivity index (χ2v) is 8.42. The SMILES string of the molecule is O=C(CN1CCCC1)N1CCC(c2nnc(Cn3cccn3)n2C2CC2)CC1. The lowest BCUT2D eigenvalue weighted by Gasteiger charge is -2.32. The molecule has 4 heterocycles. The largest absolute Gasteiger partial charge is 0.342 e. The normalized spacial score (nSPS) is 21.5. The zero-order valence-corrected chi connectivity index (χ0v) is 16.4. The van der Waals surface area contributed by atoms with Gasteiger partial charge in [-0.3, -0.25) is 14.4 Å². The van der Waals surface area contributed by atoms with Gasteiger partial charge in [0.15, 0.2) is 5.82 Å². The molecule has 5 rings (SSSR count). The minimum Gasteiger partial charge on any atom is -0.342 e. The smallest absolute Gasteiger partial charge is 0.236 e. The zero-order valence-electron chi connectivity index (χ0n) is 16.4. The van der Waals surface area contributed by atoms with Crippen LogP contribution in [0.5, 0.6) is 0 Å². The average Bonchev–Trinajstić information content (AvgIpc) is 3.11. The van der Waals surface area contributed by atoms with Crippen molar-refractivity contribution in [3.8, 4) is 0 Å². The van der Waals surface area contributed by atoms with Crippen LogP contribution in [0.2, 0.25) is 0 Å². The van der Waals surface area contributed by atoms with Crippen LogP contribution in [0, 0.1) is 0 Å². The summed E-state index contributed by atoms with van der Waals surface area (Å²) in [5, 5.41) is 13.4. The van der Waals surface area contributed by atoms with Crippen molar-refractivity contribution in [3.05, 3.63) is 30.1 Å². The van der Waals surface area contributed by atoms with E-state index in [-0.39, 0.29) is 0 Å².